The van der Waals surface area contributed by atoms with Crippen LogP contribution < -0.4 is 10.3 Å². The van der Waals surface area contributed by atoms with Crippen LogP contribution in [0.25, 0.3) is 0 Å². The lowest BCUT2D eigenvalue weighted by Crippen LogP contribution is -2.21. The van der Waals surface area contributed by atoms with Gasteiger partial charge in [-0.1, -0.05) is 77.7 Å². The molecule has 2 aromatic carbocycles. The number of rotatable bonds is 7. The van der Waals surface area contributed by atoms with E-state index in [1.54, 1.807) is 6.08 Å². The highest BCUT2D eigenvalue weighted by molar-refractivity contribution is 8.01. The van der Waals surface area contributed by atoms with Gasteiger partial charge in [0.05, 0.1) is 11.7 Å². The Bertz CT molecular complexity index is 1020. The average molecular weight is 422 g/mol. The zero-order valence-corrected chi connectivity index (χ0v) is 17.2. The van der Waals surface area contributed by atoms with Gasteiger partial charge in [-0.05, 0) is 17.7 Å². The van der Waals surface area contributed by atoms with Crippen LogP contribution in [0.3, 0.4) is 0 Å². The van der Waals surface area contributed by atoms with Gasteiger partial charge in [0, 0.05) is 12.2 Å². The van der Waals surface area contributed by atoms with Crippen molar-refractivity contribution in [1.29, 1.82) is 0 Å². The third-order valence-corrected chi connectivity index (χ3v) is 6.30. The zero-order valence-electron chi connectivity index (χ0n) is 15.6. The molecule has 6 nitrogen and oxygen atoms in total. The number of nitrogens with zero attached hydrogens (tertiary/aromatic N) is 4. The summed E-state index contributed by atoms with van der Waals surface area (Å²) in [4.78, 5) is 12.8. The second-order valence-electron chi connectivity index (χ2n) is 6.28. The zero-order chi connectivity index (χ0) is 20.1. The maximum atomic E-state index is 12.8. The fourth-order valence-corrected chi connectivity index (χ4v) is 4.53. The van der Waals surface area contributed by atoms with Crippen molar-refractivity contribution in [1.82, 2.24) is 10.2 Å². The third-order valence-electron chi connectivity index (χ3n) is 4.33. The van der Waals surface area contributed by atoms with E-state index >= 15 is 0 Å². The van der Waals surface area contributed by atoms with Crippen LogP contribution in [-0.2, 0) is 4.79 Å². The molecule has 29 heavy (non-hydrogen) atoms. The van der Waals surface area contributed by atoms with E-state index in [1.165, 1.54) is 23.1 Å². The summed E-state index contributed by atoms with van der Waals surface area (Å²) in [5.41, 5.74) is 2.53. The maximum Gasteiger partial charge on any atom is 0.273 e. The van der Waals surface area contributed by atoms with Gasteiger partial charge in [0.1, 0.15) is 5.71 Å². The number of hydrazone groups is 1. The Balaban J connectivity index is 1.54. The summed E-state index contributed by atoms with van der Waals surface area (Å²) >= 11 is 2.88. The smallest absolute Gasteiger partial charge is 0.273 e. The van der Waals surface area contributed by atoms with E-state index in [-0.39, 0.29) is 11.9 Å². The van der Waals surface area contributed by atoms with Gasteiger partial charge in [0.25, 0.3) is 5.91 Å². The molecule has 0 unspecified atom stereocenters. The van der Waals surface area contributed by atoms with Gasteiger partial charge in [-0.2, -0.15) is 5.10 Å². The lowest BCUT2D eigenvalue weighted by Gasteiger charge is -2.23. The van der Waals surface area contributed by atoms with Gasteiger partial charge in [0.2, 0.25) is 5.13 Å². The van der Waals surface area contributed by atoms with Crippen LogP contribution in [0, 0.1) is 0 Å². The molecule has 3 aromatic rings. The predicted octanol–water partition coefficient (Wildman–Crippen LogP) is 4.76. The second kappa shape index (κ2) is 9.02. The number of benzene rings is 2. The topological polar surface area (TPSA) is 70.5 Å². The number of hydrogen-bond donors (Lipinski definition) is 1. The van der Waals surface area contributed by atoms with E-state index in [0.29, 0.717) is 17.3 Å². The summed E-state index contributed by atoms with van der Waals surface area (Å²) in [5.74, 6) is 0.501. The van der Waals surface area contributed by atoms with Crippen LogP contribution in [-0.4, -0.2) is 27.6 Å². The molecule has 1 N–H and O–H groups in total. The number of thioether (sulfide) groups is 1. The van der Waals surface area contributed by atoms with Crippen molar-refractivity contribution in [2.75, 3.05) is 16.1 Å². The Morgan fingerprint density at radius 3 is 2.62 bits per heavy atom. The summed E-state index contributed by atoms with van der Waals surface area (Å²) < 4.78 is 0.793. The van der Waals surface area contributed by atoms with Gasteiger partial charge in [-0.3, -0.25) is 15.1 Å². The van der Waals surface area contributed by atoms with Gasteiger partial charge in [0.15, 0.2) is 4.34 Å². The molecular weight excluding hydrogens is 402 g/mol. The van der Waals surface area contributed by atoms with Crippen LogP contribution >= 0.6 is 23.1 Å². The lowest BCUT2D eigenvalue weighted by molar-refractivity contribution is -0.110. The van der Waals surface area contributed by atoms with E-state index in [1.807, 2.05) is 53.5 Å². The highest BCUT2D eigenvalue weighted by atomic mass is 32.2. The van der Waals surface area contributed by atoms with E-state index in [0.717, 1.165) is 21.3 Å². The molecule has 1 amide bonds. The Kier molecular flexibility index (Phi) is 6.02. The molecule has 8 heteroatoms. The van der Waals surface area contributed by atoms with Crippen molar-refractivity contribution in [2.24, 2.45) is 5.10 Å². The van der Waals surface area contributed by atoms with Crippen molar-refractivity contribution < 1.29 is 4.79 Å². The molecule has 1 aliphatic rings. The summed E-state index contributed by atoms with van der Waals surface area (Å²) in [7, 11) is 0. The molecule has 0 saturated carbocycles. The highest BCUT2D eigenvalue weighted by Crippen LogP contribution is 2.35. The number of carbonyl (C=O) groups excluding carboxylic acids is 1. The van der Waals surface area contributed by atoms with Crippen molar-refractivity contribution in [2.45, 2.75) is 16.8 Å². The summed E-state index contributed by atoms with van der Waals surface area (Å²) in [6.45, 7) is 3.69. The van der Waals surface area contributed by atoms with E-state index in [2.05, 4.69) is 39.3 Å². The number of amides is 1. The highest BCUT2D eigenvalue weighted by Gasteiger charge is 2.32. The van der Waals surface area contributed by atoms with Crippen LogP contribution in [0.2, 0.25) is 0 Å². The fourth-order valence-electron chi connectivity index (χ4n) is 3.02. The first kappa shape index (κ1) is 19.4. The summed E-state index contributed by atoms with van der Waals surface area (Å²) in [5, 5.41) is 18.0. The normalized spacial score (nSPS) is 15.8. The van der Waals surface area contributed by atoms with Crippen LogP contribution in [0.1, 0.15) is 18.0 Å². The van der Waals surface area contributed by atoms with Gasteiger partial charge < -0.3 is 0 Å². The number of nitrogens with one attached hydrogen (secondary N) is 1. The van der Waals surface area contributed by atoms with Crippen molar-refractivity contribution >= 4 is 45.5 Å². The molecule has 0 spiro atoms. The lowest BCUT2D eigenvalue weighted by atomic mass is 10.0. The van der Waals surface area contributed by atoms with Crippen LogP contribution in [0.4, 0.5) is 10.8 Å². The van der Waals surface area contributed by atoms with E-state index in [4.69, 9.17) is 0 Å². The Hall–Kier alpha value is -2.97. The Morgan fingerprint density at radius 1 is 1.17 bits per heavy atom. The average Bonchev–Trinajstić information content (AvgIpc) is 3.41. The SMILES string of the molecule is C=CCSc1nnc(NC(=O)C2=NN(c3ccccc3)[C@H](c3ccccc3)C2)s1. The minimum absolute atomic E-state index is 0.0347. The molecule has 146 valence electrons. The Labute approximate surface area is 177 Å². The number of hydrogen-bond acceptors (Lipinski definition) is 7. The largest absolute Gasteiger partial charge is 0.295 e. The molecule has 1 aliphatic heterocycles. The molecule has 2 heterocycles. The molecule has 0 bridgehead atoms. The molecule has 1 atom stereocenters. The van der Waals surface area contributed by atoms with Gasteiger partial charge in [-0.15, -0.1) is 16.8 Å². The van der Waals surface area contributed by atoms with Crippen molar-refractivity contribution in [3.05, 3.63) is 78.9 Å². The van der Waals surface area contributed by atoms with E-state index < -0.39 is 0 Å². The number of aromatic nitrogens is 2. The van der Waals surface area contributed by atoms with Gasteiger partial charge >= 0.3 is 0 Å². The number of para-hydroxylation sites is 1. The first-order valence-corrected chi connectivity index (χ1v) is 10.9. The number of carbonyl (C=O) groups is 1. The molecule has 1 aromatic heterocycles. The van der Waals surface area contributed by atoms with Crippen LogP contribution in [0.15, 0.2) is 82.8 Å². The van der Waals surface area contributed by atoms with Crippen LogP contribution in [0.5, 0.6) is 0 Å². The first-order chi connectivity index (χ1) is 14.2. The summed E-state index contributed by atoms with van der Waals surface area (Å²) in [6.07, 6.45) is 2.32. The molecular formula is C21H19N5OS2. The molecule has 0 radical (unpaired) electrons. The minimum atomic E-state index is -0.249. The third kappa shape index (κ3) is 4.55. The predicted molar refractivity (Wildman–Crippen MR) is 120 cm³/mol. The van der Waals surface area contributed by atoms with E-state index in [9.17, 15) is 4.79 Å². The van der Waals surface area contributed by atoms with Crippen molar-refractivity contribution in [3.63, 3.8) is 0 Å². The maximum absolute atomic E-state index is 12.8. The fraction of sp³-hybridized carbons (Fsp3) is 0.143. The molecule has 4 rings (SSSR count). The molecule has 0 aliphatic carbocycles. The number of anilines is 2. The van der Waals surface area contributed by atoms with Gasteiger partial charge in [-0.25, -0.2) is 0 Å². The monoisotopic (exact) mass is 421 g/mol. The second-order valence-corrected chi connectivity index (χ2v) is 8.53. The Morgan fingerprint density at radius 2 is 1.90 bits per heavy atom. The molecule has 0 saturated heterocycles. The minimum Gasteiger partial charge on any atom is -0.295 e. The standard InChI is InChI=1S/C21H19N5OS2/c1-2-13-28-21-24-23-20(29-21)22-19(27)17-14-18(15-9-5-3-6-10-15)26(25-17)16-11-7-4-8-12-16/h2-12,18H,1,13-14H2,(H,22,23,27)/t18-/m0/s1. The quantitative estimate of drug-likeness (QED) is 0.338. The van der Waals surface area contributed by atoms with Crippen molar-refractivity contribution in [3.8, 4) is 0 Å². The first-order valence-electron chi connectivity index (χ1n) is 9.10. The summed E-state index contributed by atoms with van der Waals surface area (Å²) in [6, 6.07) is 20.0. The molecule has 0 fully saturated rings.